The topological polar surface area (TPSA) is 75.4 Å². The Morgan fingerprint density at radius 2 is 2.18 bits per heavy atom. The van der Waals surface area contributed by atoms with Gasteiger partial charge in [0.1, 0.15) is 5.41 Å². The van der Waals surface area contributed by atoms with E-state index in [1.807, 2.05) is 48.8 Å². The SMILES string of the molecule is CNC(=O)C1(c2ccccn2)CCCN(Cc2cnn3c(C)cc(C)nc23)C1. The number of hydrogen-bond donors (Lipinski definition) is 1. The number of pyridine rings is 1. The average molecular weight is 378 g/mol. The summed E-state index contributed by atoms with van der Waals surface area (Å²) in [6.07, 6.45) is 5.39. The normalized spacial score (nSPS) is 20.4. The van der Waals surface area contributed by atoms with Crippen LogP contribution in [0.4, 0.5) is 0 Å². The molecular formula is C21H26N6O. The Hall–Kier alpha value is -2.80. The summed E-state index contributed by atoms with van der Waals surface area (Å²) in [4.78, 5) is 24.5. The molecule has 28 heavy (non-hydrogen) atoms. The molecule has 7 nitrogen and oxygen atoms in total. The second-order valence-corrected chi connectivity index (χ2v) is 7.63. The largest absolute Gasteiger partial charge is 0.358 e. The monoisotopic (exact) mass is 378 g/mol. The van der Waals surface area contributed by atoms with Gasteiger partial charge >= 0.3 is 0 Å². The van der Waals surface area contributed by atoms with E-state index in [0.29, 0.717) is 13.1 Å². The lowest BCUT2D eigenvalue weighted by Crippen LogP contribution is -2.54. The van der Waals surface area contributed by atoms with Gasteiger partial charge in [0, 0.05) is 43.3 Å². The highest BCUT2D eigenvalue weighted by Gasteiger charge is 2.44. The third-order valence-electron chi connectivity index (χ3n) is 5.63. The lowest BCUT2D eigenvalue weighted by molar-refractivity contribution is -0.128. The van der Waals surface area contributed by atoms with Gasteiger partial charge in [-0.25, -0.2) is 9.50 Å². The Morgan fingerprint density at radius 1 is 1.32 bits per heavy atom. The fourth-order valence-corrected chi connectivity index (χ4v) is 4.34. The summed E-state index contributed by atoms with van der Waals surface area (Å²) in [7, 11) is 1.70. The zero-order chi connectivity index (χ0) is 19.7. The summed E-state index contributed by atoms with van der Waals surface area (Å²) in [6, 6.07) is 7.83. The van der Waals surface area contributed by atoms with E-state index >= 15 is 0 Å². The molecule has 1 atom stereocenters. The Balaban J connectivity index is 1.66. The van der Waals surface area contributed by atoms with Crippen LogP contribution in [0.2, 0.25) is 0 Å². The predicted octanol–water partition coefficient (Wildman–Crippen LogP) is 2.02. The molecule has 0 aliphatic carbocycles. The van der Waals surface area contributed by atoms with E-state index < -0.39 is 5.41 Å². The second-order valence-electron chi connectivity index (χ2n) is 7.63. The number of carbonyl (C=O) groups is 1. The van der Waals surface area contributed by atoms with Gasteiger partial charge in [-0.1, -0.05) is 6.07 Å². The first kappa shape index (κ1) is 18.6. The van der Waals surface area contributed by atoms with Gasteiger partial charge in [0.15, 0.2) is 5.65 Å². The smallest absolute Gasteiger partial charge is 0.233 e. The second kappa shape index (κ2) is 7.31. The van der Waals surface area contributed by atoms with Gasteiger partial charge in [0.2, 0.25) is 5.91 Å². The molecule has 4 rings (SSSR count). The molecule has 0 radical (unpaired) electrons. The van der Waals surface area contributed by atoms with Gasteiger partial charge < -0.3 is 5.32 Å². The number of aromatic nitrogens is 4. The van der Waals surface area contributed by atoms with E-state index in [9.17, 15) is 4.79 Å². The Labute approximate surface area is 164 Å². The summed E-state index contributed by atoms with van der Waals surface area (Å²) < 4.78 is 1.89. The molecule has 146 valence electrons. The van der Waals surface area contributed by atoms with Gasteiger partial charge in [-0.05, 0) is 51.4 Å². The van der Waals surface area contributed by atoms with E-state index in [4.69, 9.17) is 0 Å². The van der Waals surface area contributed by atoms with Crippen LogP contribution in [0, 0.1) is 13.8 Å². The molecule has 0 bridgehead atoms. The van der Waals surface area contributed by atoms with Crippen LogP contribution in [0.5, 0.6) is 0 Å². The van der Waals surface area contributed by atoms with E-state index in [0.717, 1.165) is 47.7 Å². The van der Waals surface area contributed by atoms with Crippen LogP contribution in [0.15, 0.2) is 36.7 Å². The number of aryl methyl sites for hydroxylation is 2. The zero-order valence-corrected chi connectivity index (χ0v) is 16.6. The van der Waals surface area contributed by atoms with Crippen LogP contribution in [0.25, 0.3) is 5.65 Å². The maximum absolute atomic E-state index is 12.9. The number of rotatable bonds is 4. The number of likely N-dealkylation sites (N-methyl/N-ethyl adjacent to an activating group) is 1. The van der Waals surface area contributed by atoms with Gasteiger partial charge in [-0.3, -0.25) is 14.7 Å². The van der Waals surface area contributed by atoms with Crippen molar-refractivity contribution < 1.29 is 4.79 Å². The molecular weight excluding hydrogens is 352 g/mol. The maximum Gasteiger partial charge on any atom is 0.233 e. The van der Waals surface area contributed by atoms with Crippen molar-refractivity contribution in [3.05, 3.63) is 59.3 Å². The molecule has 1 fully saturated rings. The van der Waals surface area contributed by atoms with Crippen molar-refractivity contribution in [2.45, 2.75) is 38.6 Å². The standard InChI is InChI=1S/C21H26N6O/c1-15-11-16(2)27-19(25-15)17(12-24-27)13-26-10-6-8-21(14-26,20(28)22-3)18-7-4-5-9-23-18/h4-5,7,9,11-12H,6,8,10,13-14H2,1-3H3,(H,22,28). The summed E-state index contributed by atoms with van der Waals surface area (Å²) in [6.45, 7) is 6.32. The summed E-state index contributed by atoms with van der Waals surface area (Å²) in [5, 5.41) is 7.37. The highest BCUT2D eigenvalue weighted by atomic mass is 16.2. The molecule has 1 amide bonds. The Bertz CT molecular complexity index is 999. The lowest BCUT2D eigenvalue weighted by Gasteiger charge is -2.41. The van der Waals surface area contributed by atoms with E-state index in [-0.39, 0.29) is 5.91 Å². The molecule has 4 heterocycles. The fraction of sp³-hybridized carbons (Fsp3) is 0.429. The minimum Gasteiger partial charge on any atom is -0.358 e. The number of nitrogens with zero attached hydrogens (tertiary/aromatic N) is 5. The van der Waals surface area contributed by atoms with Crippen LogP contribution in [-0.2, 0) is 16.8 Å². The van der Waals surface area contributed by atoms with Crippen LogP contribution < -0.4 is 5.32 Å². The van der Waals surface area contributed by atoms with E-state index in [1.165, 1.54) is 0 Å². The van der Waals surface area contributed by atoms with Crippen molar-refractivity contribution in [1.82, 2.24) is 29.8 Å². The minimum absolute atomic E-state index is 0.0283. The number of hydrogen-bond acceptors (Lipinski definition) is 5. The molecule has 1 unspecified atom stereocenters. The van der Waals surface area contributed by atoms with Crippen LogP contribution >= 0.6 is 0 Å². The number of amides is 1. The summed E-state index contributed by atoms with van der Waals surface area (Å²) in [5.74, 6) is 0.0283. The van der Waals surface area contributed by atoms with Crippen molar-refractivity contribution in [1.29, 1.82) is 0 Å². The molecule has 3 aromatic heterocycles. The van der Waals surface area contributed by atoms with E-state index in [2.05, 4.69) is 25.3 Å². The number of nitrogens with one attached hydrogen (secondary N) is 1. The average Bonchev–Trinajstić information content (AvgIpc) is 3.11. The predicted molar refractivity (Wildman–Crippen MR) is 107 cm³/mol. The van der Waals surface area contributed by atoms with Crippen molar-refractivity contribution in [2.75, 3.05) is 20.1 Å². The number of piperidine rings is 1. The Kier molecular flexibility index (Phi) is 4.85. The third kappa shape index (κ3) is 3.16. The minimum atomic E-state index is -0.628. The molecule has 0 aromatic carbocycles. The van der Waals surface area contributed by atoms with Crippen LogP contribution in [0.1, 0.15) is 35.5 Å². The van der Waals surface area contributed by atoms with Crippen molar-refractivity contribution in [2.24, 2.45) is 0 Å². The molecule has 7 heteroatoms. The molecule has 1 aliphatic rings. The number of likely N-dealkylation sites (tertiary alicyclic amines) is 1. The zero-order valence-electron chi connectivity index (χ0n) is 16.6. The molecule has 0 spiro atoms. The van der Waals surface area contributed by atoms with Crippen molar-refractivity contribution in [3.8, 4) is 0 Å². The van der Waals surface area contributed by atoms with Crippen LogP contribution in [0.3, 0.4) is 0 Å². The molecule has 1 saturated heterocycles. The number of carbonyl (C=O) groups excluding carboxylic acids is 1. The fourth-order valence-electron chi connectivity index (χ4n) is 4.34. The van der Waals surface area contributed by atoms with Crippen molar-refractivity contribution >= 4 is 11.6 Å². The van der Waals surface area contributed by atoms with Gasteiger partial charge in [-0.15, -0.1) is 0 Å². The summed E-state index contributed by atoms with van der Waals surface area (Å²) >= 11 is 0. The van der Waals surface area contributed by atoms with Gasteiger partial charge in [0.05, 0.1) is 11.9 Å². The molecule has 0 saturated carbocycles. The third-order valence-corrected chi connectivity index (χ3v) is 5.63. The molecule has 1 N–H and O–H groups in total. The van der Waals surface area contributed by atoms with E-state index in [1.54, 1.807) is 13.2 Å². The highest BCUT2D eigenvalue weighted by Crippen LogP contribution is 2.34. The van der Waals surface area contributed by atoms with Crippen molar-refractivity contribution in [3.63, 3.8) is 0 Å². The quantitative estimate of drug-likeness (QED) is 0.752. The summed E-state index contributed by atoms with van der Waals surface area (Å²) in [5.41, 5.74) is 4.24. The van der Waals surface area contributed by atoms with Gasteiger partial charge in [0.25, 0.3) is 0 Å². The molecule has 3 aromatic rings. The molecule has 1 aliphatic heterocycles. The first-order chi connectivity index (χ1) is 13.5. The van der Waals surface area contributed by atoms with Gasteiger partial charge in [-0.2, -0.15) is 5.10 Å². The van der Waals surface area contributed by atoms with Crippen LogP contribution in [-0.4, -0.2) is 50.5 Å². The first-order valence-corrected chi connectivity index (χ1v) is 9.70. The maximum atomic E-state index is 12.9. The lowest BCUT2D eigenvalue weighted by atomic mass is 9.75. The highest BCUT2D eigenvalue weighted by molar-refractivity contribution is 5.88. The first-order valence-electron chi connectivity index (χ1n) is 9.70. The number of fused-ring (bicyclic) bond motifs is 1. The Morgan fingerprint density at radius 3 is 2.93 bits per heavy atom.